The van der Waals surface area contributed by atoms with Crippen LogP contribution in [0.15, 0.2) is 39.9 Å². The zero-order chi connectivity index (χ0) is 17.9. The number of thiophene rings is 1. The highest BCUT2D eigenvalue weighted by Crippen LogP contribution is 2.20. The highest BCUT2D eigenvalue weighted by atomic mass is 32.2. The maximum atomic E-state index is 12.6. The third-order valence-corrected chi connectivity index (χ3v) is 6.48. The van der Waals surface area contributed by atoms with E-state index in [0.717, 1.165) is 22.5 Å². The van der Waals surface area contributed by atoms with Crippen molar-refractivity contribution in [2.75, 3.05) is 5.32 Å². The summed E-state index contributed by atoms with van der Waals surface area (Å²) in [6.07, 6.45) is 0. The lowest BCUT2D eigenvalue weighted by atomic mass is 10.0. The molecule has 0 saturated heterocycles. The van der Waals surface area contributed by atoms with Crippen LogP contribution in [-0.4, -0.2) is 20.4 Å². The fourth-order valence-corrected chi connectivity index (χ4v) is 4.57. The van der Waals surface area contributed by atoms with E-state index >= 15 is 0 Å². The maximum absolute atomic E-state index is 12.6. The first-order chi connectivity index (χ1) is 11.2. The molecule has 2 rings (SSSR count). The Morgan fingerprint density at radius 1 is 1.17 bits per heavy atom. The number of hydrogen-bond acceptors (Lipinski definition) is 4. The number of anilines is 1. The number of carbonyl (C=O) groups excluding carboxylic acids is 1. The summed E-state index contributed by atoms with van der Waals surface area (Å²) in [5.74, 6) is -0.552. The Labute approximate surface area is 147 Å². The van der Waals surface area contributed by atoms with Gasteiger partial charge in [0.05, 0.1) is 0 Å². The van der Waals surface area contributed by atoms with E-state index in [0.29, 0.717) is 5.69 Å². The van der Waals surface area contributed by atoms with Gasteiger partial charge < -0.3 is 5.32 Å². The molecule has 1 heterocycles. The monoisotopic (exact) mass is 366 g/mol. The number of aryl methyl sites for hydroxylation is 2. The first-order valence-electron chi connectivity index (χ1n) is 7.64. The first-order valence-corrected chi connectivity index (χ1v) is 10.0. The number of nitrogens with one attached hydrogen (secondary N) is 2. The van der Waals surface area contributed by atoms with Gasteiger partial charge >= 0.3 is 0 Å². The van der Waals surface area contributed by atoms with Gasteiger partial charge in [0.1, 0.15) is 10.3 Å². The molecule has 0 unspecified atom stereocenters. The molecule has 1 amide bonds. The summed E-state index contributed by atoms with van der Waals surface area (Å²) >= 11 is 1.12. The number of hydrogen-bond donors (Lipinski definition) is 2. The molecule has 0 bridgehead atoms. The average molecular weight is 367 g/mol. The van der Waals surface area contributed by atoms with Crippen LogP contribution in [-0.2, 0) is 14.8 Å². The van der Waals surface area contributed by atoms with Gasteiger partial charge in [0.15, 0.2) is 0 Å². The van der Waals surface area contributed by atoms with E-state index < -0.39 is 16.1 Å². The molecule has 0 fully saturated rings. The van der Waals surface area contributed by atoms with Crippen molar-refractivity contribution >= 4 is 33.0 Å². The number of rotatable bonds is 6. The molecule has 1 aromatic carbocycles. The van der Waals surface area contributed by atoms with E-state index in [9.17, 15) is 13.2 Å². The lowest BCUT2D eigenvalue weighted by Crippen LogP contribution is -2.46. The molecule has 0 aliphatic carbocycles. The third-order valence-electron chi connectivity index (χ3n) is 3.64. The van der Waals surface area contributed by atoms with Gasteiger partial charge in [0, 0.05) is 5.69 Å². The smallest absolute Gasteiger partial charge is 0.250 e. The Bertz CT molecular complexity index is 812. The predicted octanol–water partition coefficient (Wildman–Crippen LogP) is 3.31. The number of carbonyl (C=O) groups is 1. The molecule has 1 aromatic heterocycles. The second kappa shape index (κ2) is 7.46. The fraction of sp³-hybridized carbons (Fsp3) is 0.353. The summed E-state index contributed by atoms with van der Waals surface area (Å²) in [7, 11) is -3.71. The fourth-order valence-electron chi connectivity index (χ4n) is 2.21. The standard InChI is InChI=1S/C17H22N2O3S2/c1-11(2)16(19-24(21,22)15-6-5-9-23-15)17(20)18-14-10-12(3)7-8-13(14)4/h5-11,16,19H,1-4H3,(H,18,20)/t16-/m1/s1. The SMILES string of the molecule is Cc1ccc(C)c(NC(=O)[C@H](NS(=O)(=O)c2cccs2)C(C)C)c1. The molecule has 0 aliphatic rings. The van der Waals surface area contributed by atoms with Crippen LogP contribution in [0.2, 0.25) is 0 Å². The van der Waals surface area contributed by atoms with E-state index in [-0.39, 0.29) is 16.0 Å². The zero-order valence-corrected chi connectivity index (χ0v) is 15.8. The van der Waals surface area contributed by atoms with Gasteiger partial charge in [-0.05, 0) is 48.4 Å². The second-order valence-electron chi connectivity index (χ2n) is 6.08. The predicted molar refractivity (Wildman–Crippen MR) is 97.8 cm³/mol. The van der Waals surface area contributed by atoms with Crippen LogP contribution in [0.25, 0.3) is 0 Å². The summed E-state index contributed by atoms with van der Waals surface area (Å²) in [5.41, 5.74) is 2.65. The highest BCUT2D eigenvalue weighted by molar-refractivity contribution is 7.91. The Kier molecular flexibility index (Phi) is 5.79. The molecule has 24 heavy (non-hydrogen) atoms. The van der Waals surface area contributed by atoms with Crippen molar-refractivity contribution < 1.29 is 13.2 Å². The summed E-state index contributed by atoms with van der Waals surface area (Å²) in [6, 6.07) is 8.10. The molecule has 2 aromatic rings. The normalized spacial score (nSPS) is 13.0. The number of benzene rings is 1. The minimum Gasteiger partial charge on any atom is -0.324 e. The topological polar surface area (TPSA) is 75.3 Å². The molecule has 0 spiro atoms. The average Bonchev–Trinajstić information content (AvgIpc) is 3.03. The zero-order valence-electron chi connectivity index (χ0n) is 14.2. The van der Waals surface area contributed by atoms with Crippen LogP contribution in [0, 0.1) is 19.8 Å². The summed E-state index contributed by atoms with van der Waals surface area (Å²) in [4.78, 5) is 12.6. The summed E-state index contributed by atoms with van der Waals surface area (Å²) < 4.78 is 27.5. The van der Waals surface area contributed by atoms with Gasteiger partial charge in [-0.15, -0.1) is 11.3 Å². The van der Waals surface area contributed by atoms with Crippen LogP contribution in [0.3, 0.4) is 0 Å². The molecular weight excluding hydrogens is 344 g/mol. The van der Waals surface area contributed by atoms with Crippen LogP contribution in [0.5, 0.6) is 0 Å². The molecule has 130 valence electrons. The van der Waals surface area contributed by atoms with Crippen LogP contribution >= 0.6 is 11.3 Å². The van der Waals surface area contributed by atoms with E-state index in [1.54, 1.807) is 11.4 Å². The van der Waals surface area contributed by atoms with Crippen molar-refractivity contribution in [1.29, 1.82) is 0 Å². The highest BCUT2D eigenvalue weighted by Gasteiger charge is 2.29. The van der Waals surface area contributed by atoms with Crippen molar-refractivity contribution in [3.8, 4) is 0 Å². The molecular formula is C17H22N2O3S2. The van der Waals surface area contributed by atoms with Crippen molar-refractivity contribution in [2.45, 2.75) is 37.9 Å². The Morgan fingerprint density at radius 3 is 2.46 bits per heavy atom. The van der Waals surface area contributed by atoms with Gasteiger partial charge in [-0.1, -0.05) is 32.0 Å². The molecule has 1 atom stereocenters. The molecule has 7 heteroatoms. The maximum Gasteiger partial charge on any atom is 0.250 e. The van der Waals surface area contributed by atoms with Gasteiger partial charge in [0.2, 0.25) is 5.91 Å². The quantitative estimate of drug-likeness (QED) is 0.823. The van der Waals surface area contributed by atoms with E-state index in [1.165, 1.54) is 6.07 Å². The summed E-state index contributed by atoms with van der Waals surface area (Å²) in [6.45, 7) is 7.46. The van der Waals surface area contributed by atoms with Crippen molar-refractivity contribution in [2.24, 2.45) is 5.92 Å². The summed E-state index contributed by atoms with van der Waals surface area (Å²) in [5, 5.41) is 4.53. The van der Waals surface area contributed by atoms with Crippen molar-refractivity contribution in [3.05, 3.63) is 46.8 Å². The lowest BCUT2D eigenvalue weighted by molar-refractivity contribution is -0.118. The van der Waals surface area contributed by atoms with Gasteiger partial charge in [-0.25, -0.2) is 8.42 Å². The third kappa shape index (κ3) is 4.43. The van der Waals surface area contributed by atoms with Crippen molar-refractivity contribution in [3.63, 3.8) is 0 Å². The molecule has 0 saturated carbocycles. The van der Waals surface area contributed by atoms with Gasteiger partial charge in [0.25, 0.3) is 10.0 Å². The largest absolute Gasteiger partial charge is 0.324 e. The van der Waals surface area contributed by atoms with Crippen LogP contribution in [0.1, 0.15) is 25.0 Å². The van der Waals surface area contributed by atoms with E-state index in [2.05, 4.69) is 10.0 Å². The molecule has 0 radical (unpaired) electrons. The molecule has 2 N–H and O–H groups in total. The lowest BCUT2D eigenvalue weighted by Gasteiger charge is -2.22. The second-order valence-corrected chi connectivity index (χ2v) is 8.97. The Balaban J connectivity index is 2.21. The van der Waals surface area contributed by atoms with Crippen LogP contribution < -0.4 is 10.0 Å². The molecule has 5 nitrogen and oxygen atoms in total. The minimum atomic E-state index is -3.71. The Morgan fingerprint density at radius 2 is 1.88 bits per heavy atom. The molecule has 0 aliphatic heterocycles. The van der Waals surface area contributed by atoms with Crippen molar-refractivity contribution in [1.82, 2.24) is 4.72 Å². The number of amides is 1. The van der Waals surface area contributed by atoms with Crippen LogP contribution in [0.4, 0.5) is 5.69 Å². The van der Waals surface area contributed by atoms with E-state index in [4.69, 9.17) is 0 Å². The Hall–Kier alpha value is -1.70. The first kappa shape index (κ1) is 18.6. The number of sulfonamides is 1. The van der Waals surface area contributed by atoms with Gasteiger partial charge in [-0.3, -0.25) is 4.79 Å². The minimum absolute atomic E-state index is 0.190. The van der Waals surface area contributed by atoms with E-state index in [1.807, 2.05) is 45.9 Å². The van der Waals surface area contributed by atoms with Gasteiger partial charge in [-0.2, -0.15) is 4.72 Å².